The van der Waals surface area contributed by atoms with E-state index in [0.29, 0.717) is 24.3 Å². The second kappa shape index (κ2) is 15.3. The Labute approximate surface area is 224 Å². The summed E-state index contributed by atoms with van der Waals surface area (Å²) in [5, 5.41) is 0. The van der Waals surface area contributed by atoms with Crippen LogP contribution in [0.25, 0.3) is 0 Å². The topological polar surface area (TPSA) is 86.7 Å². The Morgan fingerprint density at radius 2 is 1.27 bits per heavy atom. The van der Waals surface area contributed by atoms with Crippen LogP contribution in [-0.4, -0.2) is 46.1 Å². The summed E-state index contributed by atoms with van der Waals surface area (Å²) in [5.41, 5.74) is 0.584. The molecule has 0 saturated carbocycles. The van der Waals surface area contributed by atoms with Crippen molar-refractivity contribution in [2.24, 2.45) is 5.41 Å². The molecule has 0 saturated heterocycles. The van der Waals surface area contributed by atoms with Gasteiger partial charge >= 0.3 is 11.9 Å². The maximum absolute atomic E-state index is 12.7. The lowest BCUT2D eigenvalue weighted by Gasteiger charge is -2.24. The van der Waals surface area contributed by atoms with Crippen molar-refractivity contribution >= 4 is 33.5 Å². The molecule has 2 atom stereocenters. The third-order valence-corrected chi connectivity index (χ3v) is 8.53. The van der Waals surface area contributed by atoms with Crippen molar-refractivity contribution < 1.29 is 27.5 Å². The molecular weight excluding hydrogens is 508 g/mol. The highest BCUT2D eigenvalue weighted by Crippen LogP contribution is 2.31. The monoisotopic (exact) mass is 542 g/mol. The molecule has 0 N–H and O–H groups in total. The number of rotatable bonds is 12. The molecule has 198 valence electrons. The lowest BCUT2D eigenvalue weighted by atomic mass is 9.81. The second-order valence-electron chi connectivity index (χ2n) is 8.54. The molecule has 0 amide bonds. The van der Waals surface area contributed by atoms with E-state index in [1.54, 1.807) is 12.2 Å². The summed E-state index contributed by atoms with van der Waals surface area (Å²) >= 11 is 0. The molecule has 8 heteroatoms. The average Bonchev–Trinajstić information content (AvgIpc) is 2.91. The second-order valence-corrected chi connectivity index (χ2v) is 11.7. The van der Waals surface area contributed by atoms with E-state index >= 15 is 0 Å². The van der Waals surface area contributed by atoms with Gasteiger partial charge in [0.2, 0.25) is 0 Å². The number of ether oxygens (including phenoxy) is 2. The van der Waals surface area contributed by atoms with E-state index in [1.165, 1.54) is 14.2 Å². The van der Waals surface area contributed by atoms with Crippen molar-refractivity contribution in [3.8, 4) is 11.8 Å². The van der Waals surface area contributed by atoms with Crippen molar-refractivity contribution in [1.82, 2.24) is 0 Å². The van der Waals surface area contributed by atoms with Crippen LogP contribution >= 0.6 is 0 Å². The minimum absolute atomic E-state index is 0.0352. The number of benzene rings is 2. The van der Waals surface area contributed by atoms with E-state index in [-0.39, 0.29) is 12.8 Å². The molecule has 0 aliphatic rings. The van der Waals surface area contributed by atoms with Gasteiger partial charge in [-0.1, -0.05) is 47.5 Å². The highest BCUT2D eigenvalue weighted by molar-refractivity contribution is 7.85. The van der Waals surface area contributed by atoms with Crippen LogP contribution < -0.4 is 0 Å². The van der Waals surface area contributed by atoms with Gasteiger partial charge in [-0.3, -0.25) is 18.0 Å². The fourth-order valence-electron chi connectivity index (χ4n) is 3.50. The highest BCUT2D eigenvalue weighted by Gasteiger charge is 2.47. The molecule has 2 aromatic rings. The van der Waals surface area contributed by atoms with Gasteiger partial charge in [0, 0.05) is 34.1 Å². The molecule has 0 heterocycles. The van der Waals surface area contributed by atoms with Gasteiger partial charge in [0.15, 0.2) is 5.41 Å². The van der Waals surface area contributed by atoms with Crippen LogP contribution in [0.1, 0.15) is 36.8 Å². The summed E-state index contributed by atoms with van der Waals surface area (Å²) < 4.78 is 34.8. The summed E-state index contributed by atoms with van der Waals surface area (Å²) in [6.45, 7) is 3.94. The molecule has 2 unspecified atom stereocenters. The summed E-state index contributed by atoms with van der Waals surface area (Å²) in [6.07, 6.45) is 4.30. The minimum Gasteiger partial charge on any atom is -0.468 e. The lowest BCUT2D eigenvalue weighted by Crippen LogP contribution is -2.40. The molecule has 0 spiro atoms. The molecule has 2 aromatic carbocycles. The fraction of sp³-hybridized carbons (Fsp3) is 0.379. The molecule has 0 bridgehead atoms. The largest absolute Gasteiger partial charge is 0.468 e. The van der Waals surface area contributed by atoms with E-state index < -0.39 is 39.0 Å². The SMILES string of the molecule is COC(=O)C(CC#CCCS(=O)c1ccc(C)cc1)(C/C=C/CCS(=O)c1ccc(C)cc1)C(=O)OC. The zero-order chi connectivity index (χ0) is 27.3. The van der Waals surface area contributed by atoms with E-state index in [9.17, 15) is 18.0 Å². The van der Waals surface area contributed by atoms with Crippen molar-refractivity contribution in [2.75, 3.05) is 25.7 Å². The van der Waals surface area contributed by atoms with Crippen LogP contribution in [0.5, 0.6) is 0 Å². The Balaban J connectivity index is 2.01. The summed E-state index contributed by atoms with van der Waals surface area (Å²) in [7, 11) is 0.0992. The highest BCUT2D eigenvalue weighted by atomic mass is 32.2. The van der Waals surface area contributed by atoms with Crippen LogP contribution in [-0.2, 0) is 40.7 Å². The summed E-state index contributed by atoms with van der Waals surface area (Å²) in [6, 6.07) is 15.0. The number of carbonyl (C=O) groups excluding carboxylic acids is 2. The number of methoxy groups -OCH3 is 2. The van der Waals surface area contributed by atoms with Crippen molar-refractivity contribution in [1.29, 1.82) is 0 Å². The van der Waals surface area contributed by atoms with Gasteiger partial charge < -0.3 is 9.47 Å². The van der Waals surface area contributed by atoms with Crippen LogP contribution in [0.4, 0.5) is 0 Å². The fourth-order valence-corrected chi connectivity index (χ4v) is 5.48. The molecule has 0 aliphatic carbocycles. The molecule has 0 aromatic heterocycles. The zero-order valence-corrected chi connectivity index (χ0v) is 23.4. The quantitative estimate of drug-likeness (QED) is 0.168. The van der Waals surface area contributed by atoms with Crippen LogP contribution in [0, 0.1) is 31.1 Å². The van der Waals surface area contributed by atoms with E-state index in [1.807, 2.05) is 62.4 Å². The van der Waals surface area contributed by atoms with Gasteiger partial charge in [-0.15, -0.1) is 11.8 Å². The molecule has 0 fully saturated rings. The van der Waals surface area contributed by atoms with Gasteiger partial charge in [-0.05, 0) is 51.0 Å². The maximum atomic E-state index is 12.7. The molecule has 6 nitrogen and oxygen atoms in total. The van der Waals surface area contributed by atoms with Gasteiger partial charge in [-0.25, -0.2) is 0 Å². The van der Waals surface area contributed by atoms with Gasteiger partial charge in [0.25, 0.3) is 0 Å². The number of esters is 2. The lowest BCUT2D eigenvalue weighted by molar-refractivity contribution is -0.168. The van der Waals surface area contributed by atoms with Gasteiger partial charge in [-0.2, -0.15) is 0 Å². The number of carbonyl (C=O) groups is 2. The van der Waals surface area contributed by atoms with Gasteiger partial charge in [0.1, 0.15) is 0 Å². The van der Waals surface area contributed by atoms with Gasteiger partial charge in [0.05, 0.1) is 35.8 Å². The number of hydrogen-bond acceptors (Lipinski definition) is 6. The predicted octanol–water partition coefficient (Wildman–Crippen LogP) is 4.67. The Morgan fingerprint density at radius 3 is 1.76 bits per heavy atom. The third-order valence-electron chi connectivity index (χ3n) is 5.75. The van der Waals surface area contributed by atoms with E-state index in [0.717, 1.165) is 20.9 Å². The Bertz CT molecular complexity index is 1170. The molecular formula is C29H34O6S2. The number of hydrogen-bond donors (Lipinski definition) is 0. The summed E-state index contributed by atoms with van der Waals surface area (Å²) in [4.78, 5) is 26.9. The van der Waals surface area contributed by atoms with Crippen LogP contribution in [0.15, 0.2) is 70.5 Å². The Hall–Kier alpha value is -3.02. The smallest absolute Gasteiger partial charge is 0.324 e. The first-order chi connectivity index (χ1) is 17.7. The number of allylic oxidation sites excluding steroid dienone is 2. The van der Waals surface area contributed by atoms with Crippen LogP contribution in [0.2, 0.25) is 0 Å². The van der Waals surface area contributed by atoms with Crippen molar-refractivity contribution in [3.63, 3.8) is 0 Å². The average molecular weight is 543 g/mol. The molecule has 2 rings (SSSR count). The first-order valence-electron chi connectivity index (χ1n) is 11.9. The van der Waals surface area contributed by atoms with Crippen molar-refractivity contribution in [2.45, 2.75) is 49.3 Å². The maximum Gasteiger partial charge on any atom is 0.324 e. The molecule has 0 aliphatic heterocycles. The Morgan fingerprint density at radius 1 is 0.784 bits per heavy atom. The molecule has 0 radical (unpaired) electrons. The van der Waals surface area contributed by atoms with E-state index in [2.05, 4.69) is 11.8 Å². The zero-order valence-electron chi connectivity index (χ0n) is 21.8. The first-order valence-corrected chi connectivity index (χ1v) is 14.5. The van der Waals surface area contributed by atoms with E-state index in [4.69, 9.17) is 9.47 Å². The standard InChI is InChI=1S/C29H34O6S2/c1-23-11-15-25(16-12-23)36(32)21-9-5-7-19-29(27(30)34-3,28(31)35-4)20-8-6-10-22-37(33)26-17-13-24(2)14-18-26/h5,7,11-18H,9-10,19-22H2,1-4H3/b7-5+. The summed E-state index contributed by atoms with van der Waals surface area (Å²) in [5.74, 6) is 5.11. The van der Waals surface area contributed by atoms with Crippen molar-refractivity contribution in [3.05, 3.63) is 71.8 Å². The predicted molar refractivity (Wildman–Crippen MR) is 147 cm³/mol. The normalized spacial score (nSPS) is 12.9. The third kappa shape index (κ3) is 9.10. The Kier molecular flexibility index (Phi) is 12.5. The number of aryl methyl sites for hydroxylation is 2. The minimum atomic E-state index is -1.61. The molecule has 37 heavy (non-hydrogen) atoms. The van der Waals surface area contributed by atoms with Crippen LogP contribution in [0.3, 0.4) is 0 Å². The first kappa shape index (κ1) is 30.2.